The largest absolute Gasteiger partial charge is 0.354 e. The fourth-order valence-corrected chi connectivity index (χ4v) is 4.18. The first-order valence-corrected chi connectivity index (χ1v) is 10.5. The molecule has 7 nitrogen and oxygen atoms in total. The van der Waals surface area contributed by atoms with E-state index in [1.54, 1.807) is 6.20 Å². The Bertz CT molecular complexity index is 756. The number of piperidine rings is 1. The first-order chi connectivity index (χ1) is 13.8. The molecule has 9 heteroatoms. The normalized spacial score (nSPS) is 17.2. The van der Waals surface area contributed by atoms with Gasteiger partial charge in [0, 0.05) is 44.9 Å². The zero-order valence-electron chi connectivity index (χ0n) is 17.3. The third-order valence-electron chi connectivity index (χ3n) is 5.72. The van der Waals surface area contributed by atoms with Crippen LogP contribution < -0.4 is 10.6 Å². The Kier molecular flexibility index (Phi) is 10.0. The molecule has 2 aliphatic rings. The molecule has 1 unspecified atom stereocenters. The number of hydrogen-bond donors (Lipinski definition) is 2. The van der Waals surface area contributed by atoms with E-state index in [-0.39, 0.29) is 36.8 Å². The molecule has 2 aromatic rings. The van der Waals surface area contributed by atoms with Crippen molar-refractivity contribution >= 4 is 30.7 Å². The van der Waals surface area contributed by atoms with E-state index in [0.29, 0.717) is 19.4 Å². The molecular weight excluding hydrogens is 423 g/mol. The molecule has 1 fully saturated rings. The van der Waals surface area contributed by atoms with Gasteiger partial charge in [-0.25, -0.2) is 0 Å². The number of halogens is 2. The Morgan fingerprint density at radius 1 is 1.20 bits per heavy atom. The Hall–Kier alpha value is -1.67. The van der Waals surface area contributed by atoms with Crippen molar-refractivity contribution in [1.29, 1.82) is 0 Å². The smallest absolute Gasteiger partial charge is 0.220 e. The van der Waals surface area contributed by atoms with Crippen LogP contribution in [0.25, 0.3) is 0 Å². The van der Waals surface area contributed by atoms with Crippen molar-refractivity contribution in [2.24, 2.45) is 0 Å². The van der Waals surface area contributed by atoms with E-state index < -0.39 is 0 Å². The van der Waals surface area contributed by atoms with E-state index in [2.05, 4.69) is 42.4 Å². The van der Waals surface area contributed by atoms with Gasteiger partial charge in [0.25, 0.3) is 0 Å². The molecule has 0 bridgehead atoms. The first kappa shape index (κ1) is 24.6. The van der Waals surface area contributed by atoms with Crippen LogP contribution in [0.2, 0.25) is 0 Å². The number of aryl methyl sites for hydroxylation is 1. The molecule has 2 aromatic heterocycles. The van der Waals surface area contributed by atoms with Crippen LogP contribution in [0, 0.1) is 0 Å². The summed E-state index contributed by atoms with van der Waals surface area (Å²) in [7, 11) is 0. The quantitative estimate of drug-likeness (QED) is 0.671. The number of carbonyl (C=O) groups excluding carboxylic acids is 1. The summed E-state index contributed by atoms with van der Waals surface area (Å²) < 4.78 is 2.05. The highest BCUT2D eigenvalue weighted by Crippen LogP contribution is 2.23. The summed E-state index contributed by atoms with van der Waals surface area (Å²) in [5, 5.41) is 11.1. The standard InChI is InChI=1S/C21H30N6O.2ClH/c28-21(7-6-18-13-19-15-23-9-12-27(19)25-18)24-16-20(17-5-4-8-22-14-17)26-10-2-1-3-11-26;;/h4-5,8,13-14,20,23H,1-3,6-7,9-12,15-16H2,(H,24,28);2*1H. The van der Waals surface area contributed by atoms with E-state index in [9.17, 15) is 4.79 Å². The lowest BCUT2D eigenvalue weighted by molar-refractivity contribution is -0.121. The van der Waals surface area contributed by atoms with Crippen LogP contribution >= 0.6 is 24.8 Å². The Labute approximate surface area is 190 Å². The summed E-state index contributed by atoms with van der Waals surface area (Å²) in [6.45, 7) is 5.54. The molecule has 30 heavy (non-hydrogen) atoms. The summed E-state index contributed by atoms with van der Waals surface area (Å²) in [5.74, 6) is 0.0926. The average molecular weight is 455 g/mol. The second kappa shape index (κ2) is 12.2. The SMILES string of the molecule is Cl.Cl.O=C(CCc1cc2n(n1)CCNC2)NCC(c1cccnc1)N1CCCCC1. The summed E-state index contributed by atoms with van der Waals surface area (Å²) in [6, 6.07) is 6.40. The number of likely N-dealkylation sites (tertiary alicyclic amines) is 1. The number of aromatic nitrogens is 3. The summed E-state index contributed by atoms with van der Waals surface area (Å²) in [4.78, 5) is 19.2. The van der Waals surface area contributed by atoms with E-state index in [1.807, 2.05) is 12.3 Å². The zero-order valence-corrected chi connectivity index (χ0v) is 18.9. The minimum atomic E-state index is 0. The second-order valence-corrected chi connectivity index (χ2v) is 7.73. The number of amides is 1. The average Bonchev–Trinajstić information content (AvgIpc) is 3.17. The number of fused-ring (bicyclic) bond motifs is 1. The highest BCUT2D eigenvalue weighted by atomic mass is 35.5. The maximum atomic E-state index is 12.5. The topological polar surface area (TPSA) is 75.1 Å². The number of hydrogen-bond acceptors (Lipinski definition) is 5. The predicted molar refractivity (Wildman–Crippen MR) is 122 cm³/mol. The molecule has 0 saturated carbocycles. The van der Waals surface area contributed by atoms with Gasteiger partial charge in [-0.05, 0) is 43.6 Å². The van der Waals surface area contributed by atoms with Gasteiger partial charge >= 0.3 is 0 Å². The highest BCUT2D eigenvalue weighted by Gasteiger charge is 2.23. The van der Waals surface area contributed by atoms with E-state index in [4.69, 9.17) is 0 Å². The monoisotopic (exact) mass is 454 g/mol. The van der Waals surface area contributed by atoms with Crippen LogP contribution in [0.4, 0.5) is 0 Å². The Balaban J connectivity index is 0.00000160. The van der Waals surface area contributed by atoms with Gasteiger partial charge in [0.1, 0.15) is 0 Å². The van der Waals surface area contributed by atoms with Gasteiger partial charge in [-0.2, -0.15) is 5.10 Å². The molecule has 4 heterocycles. The van der Waals surface area contributed by atoms with E-state index >= 15 is 0 Å². The van der Waals surface area contributed by atoms with Crippen LogP contribution in [0.15, 0.2) is 30.6 Å². The molecular formula is C21H32Cl2N6O. The molecule has 1 atom stereocenters. The van der Waals surface area contributed by atoms with E-state index in [0.717, 1.165) is 38.4 Å². The molecule has 1 amide bonds. The van der Waals surface area contributed by atoms with Gasteiger partial charge in [0.2, 0.25) is 5.91 Å². The van der Waals surface area contributed by atoms with Crippen molar-refractivity contribution in [3.05, 3.63) is 47.5 Å². The van der Waals surface area contributed by atoms with Crippen molar-refractivity contribution in [3.8, 4) is 0 Å². The molecule has 166 valence electrons. The number of nitrogens with one attached hydrogen (secondary N) is 2. The maximum Gasteiger partial charge on any atom is 0.220 e. The van der Waals surface area contributed by atoms with Gasteiger partial charge in [-0.15, -0.1) is 24.8 Å². The molecule has 4 rings (SSSR count). The second-order valence-electron chi connectivity index (χ2n) is 7.73. The van der Waals surface area contributed by atoms with Gasteiger partial charge in [-0.1, -0.05) is 12.5 Å². The van der Waals surface area contributed by atoms with Gasteiger partial charge in [-0.3, -0.25) is 19.4 Å². The van der Waals surface area contributed by atoms with Crippen molar-refractivity contribution in [2.75, 3.05) is 26.2 Å². The number of pyridine rings is 1. The lowest BCUT2D eigenvalue weighted by Crippen LogP contribution is -2.40. The van der Waals surface area contributed by atoms with Gasteiger partial charge in [0.05, 0.1) is 24.0 Å². The first-order valence-electron chi connectivity index (χ1n) is 10.5. The fourth-order valence-electron chi connectivity index (χ4n) is 4.18. The highest BCUT2D eigenvalue weighted by molar-refractivity contribution is 5.85. The summed E-state index contributed by atoms with van der Waals surface area (Å²) in [6.07, 6.45) is 8.64. The lowest BCUT2D eigenvalue weighted by Gasteiger charge is -2.34. The molecule has 2 N–H and O–H groups in total. The van der Waals surface area contributed by atoms with Crippen LogP contribution in [-0.4, -0.2) is 51.8 Å². The van der Waals surface area contributed by atoms with Crippen molar-refractivity contribution in [1.82, 2.24) is 30.3 Å². The van der Waals surface area contributed by atoms with Crippen LogP contribution in [0.5, 0.6) is 0 Å². The van der Waals surface area contributed by atoms with Crippen LogP contribution in [0.3, 0.4) is 0 Å². The van der Waals surface area contributed by atoms with Crippen LogP contribution in [0.1, 0.15) is 48.7 Å². The Morgan fingerprint density at radius 3 is 2.77 bits per heavy atom. The fraction of sp³-hybridized carbons (Fsp3) is 0.571. The predicted octanol–water partition coefficient (Wildman–Crippen LogP) is 2.50. The third kappa shape index (κ3) is 6.41. The third-order valence-corrected chi connectivity index (χ3v) is 5.72. The summed E-state index contributed by atoms with van der Waals surface area (Å²) in [5.41, 5.74) is 3.40. The Morgan fingerprint density at radius 2 is 2.03 bits per heavy atom. The zero-order chi connectivity index (χ0) is 19.2. The van der Waals surface area contributed by atoms with Crippen molar-refractivity contribution in [3.63, 3.8) is 0 Å². The number of rotatable bonds is 7. The van der Waals surface area contributed by atoms with Gasteiger partial charge < -0.3 is 10.6 Å². The molecule has 2 aliphatic heterocycles. The molecule has 0 radical (unpaired) electrons. The molecule has 0 aromatic carbocycles. The molecule has 0 aliphatic carbocycles. The molecule has 1 saturated heterocycles. The summed E-state index contributed by atoms with van der Waals surface area (Å²) >= 11 is 0. The lowest BCUT2D eigenvalue weighted by atomic mass is 10.0. The number of carbonyl (C=O) groups is 1. The van der Waals surface area contributed by atoms with Crippen molar-refractivity contribution < 1.29 is 4.79 Å². The van der Waals surface area contributed by atoms with E-state index in [1.165, 1.54) is 30.5 Å². The van der Waals surface area contributed by atoms with Gasteiger partial charge in [0.15, 0.2) is 0 Å². The minimum Gasteiger partial charge on any atom is -0.354 e. The van der Waals surface area contributed by atoms with Crippen molar-refractivity contribution in [2.45, 2.75) is 51.2 Å². The maximum absolute atomic E-state index is 12.5. The minimum absolute atomic E-state index is 0. The van der Waals surface area contributed by atoms with Crippen LogP contribution in [-0.2, 0) is 24.3 Å². The number of nitrogens with zero attached hydrogens (tertiary/aromatic N) is 4. The molecule has 0 spiro atoms.